The van der Waals surface area contributed by atoms with Crippen molar-refractivity contribution in [3.05, 3.63) is 88.0 Å². The van der Waals surface area contributed by atoms with E-state index in [0.717, 1.165) is 17.0 Å². The van der Waals surface area contributed by atoms with E-state index in [9.17, 15) is 37.4 Å². The Morgan fingerprint density at radius 1 is 0.917 bits per heavy atom. The predicted octanol–water partition coefficient (Wildman–Crippen LogP) is 4.72. The van der Waals surface area contributed by atoms with Gasteiger partial charge in [0.25, 0.3) is 5.91 Å². The molecule has 3 amide bonds. The molecule has 188 valence electrons. The third-order valence-electron chi connectivity index (χ3n) is 6.14. The lowest BCUT2D eigenvalue weighted by atomic mass is 9.98. The number of nitrogens with zero attached hydrogens (tertiary/aromatic N) is 2. The van der Waals surface area contributed by atoms with Crippen LogP contribution in [0.25, 0.3) is 0 Å². The second-order valence-corrected chi connectivity index (χ2v) is 8.39. The average Bonchev–Trinajstić information content (AvgIpc) is 2.80. The number of carbonyl (C=O) groups is 2. The Kier molecular flexibility index (Phi) is 6.49. The molecule has 4 rings (SSSR count). The molecule has 3 N–H and O–H groups in total. The van der Waals surface area contributed by atoms with Crippen molar-refractivity contribution in [3.63, 3.8) is 0 Å². The van der Waals surface area contributed by atoms with Crippen LogP contribution in [0.2, 0.25) is 0 Å². The molecular formula is C25H21F4N3O4. The van der Waals surface area contributed by atoms with Crippen LogP contribution in [-0.4, -0.2) is 34.1 Å². The molecule has 7 nitrogen and oxygen atoms in total. The number of urea groups is 1. The first-order valence-electron chi connectivity index (χ1n) is 10.8. The van der Waals surface area contributed by atoms with Gasteiger partial charge in [-0.05, 0) is 24.6 Å². The molecule has 1 aliphatic rings. The number of hydrogen-bond donors (Lipinski definition) is 3. The summed E-state index contributed by atoms with van der Waals surface area (Å²) in [6, 6.07) is 6.28. The molecule has 0 spiro atoms. The number of anilines is 1. The van der Waals surface area contributed by atoms with Crippen molar-refractivity contribution < 1.29 is 37.4 Å². The van der Waals surface area contributed by atoms with Crippen LogP contribution in [0, 0.1) is 23.3 Å². The fourth-order valence-corrected chi connectivity index (χ4v) is 4.02. The number of amides is 3. The van der Waals surface area contributed by atoms with Gasteiger partial charge < -0.3 is 20.4 Å². The summed E-state index contributed by atoms with van der Waals surface area (Å²) in [6.45, 7) is 0.710. The van der Waals surface area contributed by atoms with Crippen LogP contribution in [0.4, 0.5) is 28.0 Å². The molecule has 1 aliphatic heterocycles. The number of fused-ring (bicyclic) bond motifs is 1. The number of phenolic OH excluding ortho intramolecular Hbond substituents is 2. The summed E-state index contributed by atoms with van der Waals surface area (Å²) in [7, 11) is 1.52. The molecule has 0 radical (unpaired) electrons. The number of carbonyl (C=O) groups excluding carboxylic acids is 2. The maximum Gasteiger partial charge on any atom is 0.325 e. The summed E-state index contributed by atoms with van der Waals surface area (Å²) >= 11 is 0. The molecule has 0 bridgehead atoms. The molecule has 1 heterocycles. The fraction of sp³-hybridized carbons (Fsp3) is 0.200. The van der Waals surface area contributed by atoms with Crippen molar-refractivity contribution in [2.45, 2.75) is 26.1 Å². The van der Waals surface area contributed by atoms with Crippen molar-refractivity contribution in [2.75, 3.05) is 11.9 Å². The molecule has 0 aliphatic carbocycles. The highest BCUT2D eigenvalue weighted by Gasteiger charge is 2.34. The number of hydrogen-bond acceptors (Lipinski definition) is 4. The van der Waals surface area contributed by atoms with Crippen molar-refractivity contribution in [3.8, 4) is 11.5 Å². The van der Waals surface area contributed by atoms with Crippen LogP contribution in [0.3, 0.4) is 0 Å². The van der Waals surface area contributed by atoms with Crippen molar-refractivity contribution >= 4 is 17.6 Å². The van der Waals surface area contributed by atoms with Crippen molar-refractivity contribution in [1.29, 1.82) is 0 Å². The van der Waals surface area contributed by atoms with Crippen LogP contribution in [0.5, 0.6) is 11.5 Å². The maximum atomic E-state index is 14.4. The lowest BCUT2D eigenvalue weighted by Gasteiger charge is -2.39. The van der Waals surface area contributed by atoms with Crippen LogP contribution in [0.15, 0.2) is 42.5 Å². The van der Waals surface area contributed by atoms with Crippen LogP contribution < -0.4 is 10.2 Å². The maximum absolute atomic E-state index is 14.4. The second-order valence-electron chi connectivity index (χ2n) is 8.39. The molecule has 0 fully saturated rings. The van der Waals surface area contributed by atoms with Gasteiger partial charge in [-0.2, -0.15) is 0 Å². The third-order valence-corrected chi connectivity index (χ3v) is 6.14. The number of nitrogens with one attached hydrogen (secondary N) is 1. The Balaban J connectivity index is 1.66. The number of benzene rings is 3. The minimum Gasteiger partial charge on any atom is -0.508 e. The third kappa shape index (κ3) is 4.51. The summed E-state index contributed by atoms with van der Waals surface area (Å²) in [6.07, 6.45) is 0. The molecule has 1 unspecified atom stereocenters. The molecule has 1 atom stereocenters. The van der Waals surface area contributed by atoms with E-state index in [0.29, 0.717) is 17.7 Å². The van der Waals surface area contributed by atoms with Gasteiger partial charge in [0.05, 0.1) is 18.3 Å². The molecule has 36 heavy (non-hydrogen) atoms. The molecule has 3 aromatic rings. The quantitative estimate of drug-likeness (QED) is 0.440. The van der Waals surface area contributed by atoms with Gasteiger partial charge in [0.15, 0.2) is 0 Å². The van der Waals surface area contributed by atoms with Gasteiger partial charge in [-0.15, -0.1) is 0 Å². The van der Waals surface area contributed by atoms with Gasteiger partial charge in [-0.25, -0.2) is 22.4 Å². The Hall–Kier alpha value is -4.28. The topological polar surface area (TPSA) is 93.1 Å². The number of rotatable bonds is 5. The number of phenols is 2. The lowest BCUT2D eigenvalue weighted by molar-refractivity contribution is 0.0950. The predicted molar refractivity (Wildman–Crippen MR) is 121 cm³/mol. The van der Waals surface area contributed by atoms with E-state index in [2.05, 4.69) is 5.32 Å². The highest BCUT2D eigenvalue weighted by molar-refractivity contribution is 5.99. The number of halogens is 4. The Morgan fingerprint density at radius 2 is 1.44 bits per heavy atom. The first-order chi connectivity index (χ1) is 17.0. The molecule has 11 heteroatoms. The summed E-state index contributed by atoms with van der Waals surface area (Å²) in [4.78, 5) is 28.3. The average molecular weight is 503 g/mol. The first-order valence-corrected chi connectivity index (χ1v) is 10.8. The van der Waals surface area contributed by atoms with E-state index in [-0.39, 0.29) is 11.3 Å². The van der Waals surface area contributed by atoms with E-state index >= 15 is 0 Å². The van der Waals surface area contributed by atoms with Crippen LogP contribution in [-0.2, 0) is 13.1 Å². The minimum atomic E-state index is -1.05. The smallest absolute Gasteiger partial charge is 0.325 e. The van der Waals surface area contributed by atoms with Gasteiger partial charge in [0.2, 0.25) is 0 Å². The summed E-state index contributed by atoms with van der Waals surface area (Å²) in [5.41, 5.74) is -0.0434. The van der Waals surface area contributed by atoms with Gasteiger partial charge in [-0.3, -0.25) is 9.69 Å². The summed E-state index contributed by atoms with van der Waals surface area (Å²) in [5, 5.41) is 21.1. The Labute approximate surface area is 203 Å². The molecule has 0 saturated carbocycles. The largest absolute Gasteiger partial charge is 0.508 e. The zero-order valence-electron chi connectivity index (χ0n) is 19.2. The van der Waals surface area contributed by atoms with E-state index in [4.69, 9.17) is 0 Å². The zero-order chi connectivity index (χ0) is 26.3. The zero-order valence-corrected chi connectivity index (χ0v) is 19.2. The van der Waals surface area contributed by atoms with Crippen molar-refractivity contribution in [1.82, 2.24) is 10.2 Å². The first kappa shape index (κ1) is 24.8. The normalized spacial score (nSPS) is 15.2. The van der Waals surface area contributed by atoms with E-state index in [1.54, 1.807) is 13.0 Å². The fourth-order valence-electron chi connectivity index (χ4n) is 4.02. The van der Waals surface area contributed by atoms with E-state index in [1.807, 2.05) is 0 Å². The molecular weight excluding hydrogens is 482 g/mol. The molecule has 0 saturated heterocycles. The SMILES string of the molecule is CC1c2ccc(C(=O)NCc3c(F)cc(O)cc3F)cc2N(Cc2c(F)cc(O)cc2F)C(=O)N1C. The standard InChI is InChI=1S/C25H21F4N3O4/c1-12-16-4-3-13(24(35)30-10-17-19(26)6-14(33)7-20(17)27)5-23(16)32(25(36)31(12)2)11-18-21(28)8-15(34)9-22(18)29/h3-9,12,33-34H,10-11H2,1-2H3,(H,30,35). The van der Waals surface area contributed by atoms with Crippen LogP contribution in [0.1, 0.15) is 40.0 Å². The lowest BCUT2D eigenvalue weighted by Crippen LogP contribution is -2.47. The monoisotopic (exact) mass is 503 g/mol. The Morgan fingerprint density at radius 3 is 2.00 bits per heavy atom. The highest BCUT2D eigenvalue weighted by Crippen LogP contribution is 2.38. The van der Waals surface area contributed by atoms with Gasteiger partial charge >= 0.3 is 6.03 Å². The van der Waals surface area contributed by atoms with Gasteiger partial charge in [-0.1, -0.05) is 6.07 Å². The minimum absolute atomic E-state index is 0.0366. The van der Waals surface area contributed by atoms with Gasteiger partial charge in [0, 0.05) is 54.5 Å². The second kappa shape index (κ2) is 9.40. The molecule has 3 aromatic carbocycles. The van der Waals surface area contributed by atoms with Crippen LogP contribution >= 0.6 is 0 Å². The molecule has 0 aromatic heterocycles. The summed E-state index contributed by atoms with van der Waals surface area (Å²) < 4.78 is 56.8. The van der Waals surface area contributed by atoms with E-state index < -0.39 is 77.0 Å². The Bertz CT molecular complexity index is 1340. The number of aromatic hydroxyl groups is 2. The van der Waals surface area contributed by atoms with Crippen molar-refractivity contribution in [2.24, 2.45) is 0 Å². The van der Waals surface area contributed by atoms with Gasteiger partial charge in [0.1, 0.15) is 34.8 Å². The van der Waals surface area contributed by atoms with E-state index in [1.165, 1.54) is 24.1 Å². The highest BCUT2D eigenvalue weighted by atomic mass is 19.1. The summed E-state index contributed by atoms with van der Waals surface area (Å²) in [5.74, 6) is -6.09.